The molecule has 2 N–H and O–H groups in total. The van der Waals surface area contributed by atoms with E-state index in [9.17, 15) is 9.90 Å². The van der Waals surface area contributed by atoms with Crippen LogP contribution in [0.15, 0.2) is 83.6 Å². The third kappa shape index (κ3) is 4.32. The van der Waals surface area contributed by atoms with Crippen LogP contribution in [0.5, 0.6) is 0 Å². The van der Waals surface area contributed by atoms with Crippen molar-refractivity contribution in [1.82, 2.24) is 15.2 Å². The second-order valence-electron chi connectivity index (χ2n) is 6.54. The topological polar surface area (TPSA) is 92.0 Å². The van der Waals surface area contributed by atoms with Crippen LogP contribution < -0.4 is 0 Å². The number of nitrogens with one attached hydrogen (secondary N) is 1. The van der Waals surface area contributed by atoms with Crippen LogP contribution >= 0.6 is 0 Å². The number of aromatic nitrogens is 3. The number of H-pyrrole nitrogens is 1. The van der Waals surface area contributed by atoms with Gasteiger partial charge in [-0.1, -0.05) is 60.7 Å². The Bertz CT molecular complexity index is 1110. The lowest BCUT2D eigenvalue weighted by Gasteiger charge is -2.00. The Balaban J connectivity index is 1.65. The average Bonchev–Trinajstić information content (AvgIpc) is 3.44. The molecule has 0 amide bonds. The molecule has 144 valence electrons. The third-order valence-corrected chi connectivity index (χ3v) is 4.52. The number of ketones is 1. The van der Waals surface area contributed by atoms with Gasteiger partial charge in [0.15, 0.2) is 17.3 Å². The van der Waals surface area contributed by atoms with Crippen LogP contribution in [0.3, 0.4) is 0 Å². The smallest absolute Gasteiger partial charge is 0.225 e. The predicted octanol–water partition coefficient (Wildman–Crippen LogP) is 4.63. The van der Waals surface area contributed by atoms with Crippen molar-refractivity contribution in [3.8, 4) is 11.1 Å². The zero-order valence-corrected chi connectivity index (χ0v) is 15.6. The lowest BCUT2D eigenvalue weighted by atomic mass is 10.0. The molecule has 0 aliphatic heterocycles. The molecule has 0 aliphatic carbocycles. The zero-order chi connectivity index (χ0) is 20.1. The fourth-order valence-electron chi connectivity index (χ4n) is 3.08. The van der Waals surface area contributed by atoms with Gasteiger partial charge in [0.1, 0.15) is 12.1 Å². The lowest BCUT2D eigenvalue weighted by Crippen LogP contribution is -1.98. The molecular weight excluding hydrogens is 366 g/mol. The molecule has 6 heteroatoms. The molecule has 6 nitrogen and oxygen atoms in total. The van der Waals surface area contributed by atoms with E-state index in [4.69, 9.17) is 4.42 Å². The molecule has 0 fully saturated rings. The van der Waals surface area contributed by atoms with Gasteiger partial charge in [-0.25, -0.2) is 4.98 Å². The first-order valence-electron chi connectivity index (χ1n) is 9.23. The number of aliphatic hydroxyl groups is 1. The van der Waals surface area contributed by atoms with Crippen molar-refractivity contribution < 1.29 is 14.3 Å². The molecule has 0 unspecified atom stereocenters. The first-order chi connectivity index (χ1) is 14.2. The van der Waals surface area contributed by atoms with Gasteiger partial charge in [0, 0.05) is 18.1 Å². The van der Waals surface area contributed by atoms with Crippen molar-refractivity contribution in [3.63, 3.8) is 0 Å². The number of rotatable bonds is 7. The lowest BCUT2D eigenvalue weighted by molar-refractivity contribution is 0.102. The highest BCUT2D eigenvalue weighted by Gasteiger charge is 2.19. The summed E-state index contributed by atoms with van der Waals surface area (Å²) in [6, 6.07) is 21.6. The number of aliphatic hydroxyl groups excluding tert-OH is 1. The second kappa shape index (κ2) is 8.39. The molecule has 4 aromatic rings. The number of hydrogen-bond acceptors (Lipinski definition) is 5. The van der Waals surface area contributed by atoms with Crippen LogP contribution in [0.25, 0.3) is 16.9 Å². The molecule has 2 heterocycles. The van der Waals surface area contributed by atoms with Gasteiger partial charge in [-0.15, -0.1) is 0 Å². The van der Waals surface area contributed by atoms with Gasteiger partial charge in [-0.3, -0.25) is 9.89 Å². The molecule has 29 heavy (non-hydrogen) atoms. The summed E-state index contributed by atoms with van der Waals surface area (Å²) >= 11 is 0. The SMILES string of the molecule is O=C(C=C(O)c1ncn[nH]1)c1oc(CCc2ccccc2)cc1-c1ccccc1. The van der Waals surface area contributed by atoms with Crippen LogP contribution in [-0.4, -0.2) is 26.1 Å². The van der Waals surface area contributed by atoms with Crippen LogP contribution in [0.4, 0.5) is 0 Å². The highest BCUT2D eigenvalue weighted by atomic mass is 16.3. The molecule has 0 atom stereocenters. The molecule has 2 aromatic carbocycles. The van der Waals surface area contributed by atoms with Crippen LogP contribution in [-0.2, 0) is 12.8 Å². The number of aromatic amines is 1. The van der Waals surface area contributed by atoms with Crippen LogP contribution in [0, 0.1) is 0 Å². The van der Waals surface area contributed by atoms with Crippen molar-refractivity contribution in [2.45, 2.75) is 12.8 Å². The summed E-state index contributed by atoms with van der Waals surface area (Å²) in [7, 11) is 0. The van der Waals surface area contributed by atoms with E-state index < -0.39 is 5.78 Å². The zero-order valence-electron chi connectivity index (χ0n) is 15.6. The summed E-state index contributed by atoms with van der Waals surface area (Å²) in [6.45, 7) is 0. The monoisotopic (exact) mass is 385 g/mol. The summed E-state index contributed by atoms with van der Waals surface area (Å²) in [5.74, 6) is 0.280. The molecule has 0 saturated heterocycles. The first kappa shape index (κ1) is 18.4. The predicted molar refractivity (Wildman–Crippen MR) is 109 cm³/mol. The van der Waals surface area contributed by atoms with E-state index >= 15 is 0 Å². The molecule has 0 bridgehead atoms. The summed E-state index contributed by atoms with van der Waals surface area (Å²) in [6.07, 6.45) is 3.81. The van der Waals surface area contributed by atoms with Gasteiger partial charge in [-0.2, -0.15) is 5.10 Å². The molecule has 2 aromatic heterocycles. The number of benzene rings is 2. The Morgan fingerprint density at radius 2 is 1.76 bits per heavy atom. The number of nitrogens with zero attached hydrogens (tertiary/aromatic N) is 2. The Morgan fingerprint density at radius 3 is 2.45 bits per heavy atom. The Labute approximate surface area is 167 Å². The van der Waals surface area contributed by atoms with E-state index in [1.165, 1.54) is 11.9 Å². The van der Waals surface area contributed by atoms with E-state index in [1.54, 1.807) is 0 Å². The number of hydrogen-bond donors (Lipinski definition) is 2. The normalized spacial score (nSPS) is 11.5. The Morgan fingerprint density at radius 1 is 1.03 bits per heavy atom. The minimum atomic E-state index is -0.441. The van der Waals surface area contributed by atoms with Crippen molar-refractivity contribution >= 4 is 11.5 Å². The molecule has 0 aliphatic rings. The fourth-order valence-corrected chi connectivity index (χ4v) is 3.08. The maximum atomic E-state index is 12.8. The van der Waals surface area contributed by atoms with E-state index in [0.717, 1.165) is 18.1 Å². The number of allylic oxidation sites excluding steroid dienone is 1. The first-order valence-corrected chi connectivity index (χ1v) is 9.23. The highest BCUT2D eigenvalue weighted by molar-refractivity contribution is 6.09. The van der Waals surface area contributed by atoms with Gasteiger partial charge >= 0.3 is 0 Å². The second-order valence-corrected chi connectivity index (χ2v) is 6.54. The van der Waals surface area contributed by atoms with E-state index in [1.807, 2.05) is 54.6 Å². The summed E-state index contributed by atoms with van der Waals surface area (Å²) in [5.41, 5.74) is 2.76. The maximum Gasteiger partial charge on any atom is 0.225 e. The molecule has 4 rings (SSSR count). The van der Waals surface area contributed by atoms with Crippen LogP contribution in [0.2, 0.25) is 0 Å². The van der Waals surface area contributed by atoms with Crippen LogP contribution in [0.1, 0.15) is 27.7 Å². The number of aryl methyl sites for hydroxylation is 2. The van der Waals surface area contributed by atoms with E-state index in [-0.39, 0.29) is 17.3 Å². The molecular formula is C23H19N3O3. The van der Waals surface area contributed by atoms with Gasteiger partial charge < -0.3 is 9.52 Å². The van der Waals surface area contributed by atoms with E-state index in [2.05, 4.69) is 27.3 Å². The number of carbonyl (C=O) groups is 1. The van der Waals surface area contributed by atoms with Crippen molar-refractivity contribution in [3.05, 3.63) is 102 Å². The summed E-state index contributed by atoms with van der Waals surface area (Å²) in [5, 5.41) is 16.3. The standard InChI is InChI=1S/C23H19N3O3/c27-20(14-21(28)23-24-15-25-26-23)22-19(17-9-5-2-6-10-17)13-18(29-22)12-11-16-7-3-1-4-8-16/h1-10,13-15,28H,11-12H2,(H,24,25,26). The average molecular weight is 385 g/mol. The quantitative estimate of drug-likeness (QED) is 0.275. The number of furan rings is 1. The van der Waals surface area contributed by atoms with Crippen molar-refractivity contribution in [1.29, 1.82) is 0 Å². The maximum absolute atomic E-state index is 12.8. The Hall–Kier alpha value is -3.93. The summed E-state index contributed by atoms with van der Waals surface area (Å²) in [4.78, 5) is 16.7. The van der Waals surface area contributed by atoms with Gasteiger partial charge in [0.25, 0.3) is 0 Å². The third-order valence-electron chi connectivity index (χ3n) is 4.52. The molecule has 0 spiro atoms. The molecule has 0 radical (unpaired) electrons. The highest BCUT2D eigenvalue weighted by Crippen LogP contribution is 2.29. The summed E-state index contributed by atoms with van der Waals surface area (Å²) < 4.78 is 5.92. The van der Waals surface area contributed by atoms with Crippen molar-refractivity contribution in [2.75, 3.05) is 0 Å². The Kier molecular flexibility index (Phi) is 5.33. The largest absolute Gasteiger partial charge is 0.504 e. The minimum Gasteiger partial charge on any atom is -0.504 e. The molecule has 0 saturated carbocycles. The van der Waals surface area contributed by atoms with Gasteiger partial charge in [0.05, 0.1) is 0 Å². The van der Waals surface area contributed by atoms with E-state index in [0.29, 0.717) is 17.7 Å². The van der Waals surface area contributed by atoms with Gasteiger partial charge in [0.2, 0.25) is 5.78 Å². The van der Waals surface area contributed by atoms with Crippen molar-refractivity contribution in [2.24, 2.45) is 0 Å². The number of carbonyl (C=O) groups excluding carboxylic acids is 1. The minimum absolute atomic E-state index is 0.121. The van der Waals surface area contributed by atoms with Gasteiger partial charge in [-0.05, 0) is 23.6 Å². The fraction of sp³-hybridized carbons (Fsp3) is 0.0870.